The Morgan fingerprint density at radius 2 is 1.78 bits per heavy atom. The topological polar surface area (TPSA) is 35.6 Å². The number of hydrogen-bond donors (Lipinski definition) is 1. The zero-order valence-corrected chi connectivity index (χ0v) is 11.4. The predicted octanol–water partition coefficient (Wildman–Crippen LogP) is 0.539. The zero-order valence-electron chi connectivity index (χ0n) is 11.4. The van der Waals surface area contributed by atoms with Gasteiger partial charge in [0, 0.05) is 39.3 Å². The first-order chi connectivity index (χ1) is 8.75. The molecule has 1 saturated carbocycles. The maximum absolute atomic E-state index is 12.5. The minimum Gasteiger partial charge on any atom is -0.341 e. The van der Waals surface area contributed by atoms with E-state index in [1.807, 2.05) is 0 Å². The van der Waals surface area contributed by atoms with Gasteiger partial charge < -0.3 is 10.2 Å². The molecule has 0 radical (unpaired) electrons. The lowest BCUT2D eigenvalue weighted by molar-refractivity contribution is -0.135. The van der Waals surface area contributed by atoms with Gasteiger partial charge in [0.05, 0.1) is 6.04 Å². The van der Waals surface area contributed by atoms with Gasteiger partial charge in [-0.05, 0) is 31.6 Å². The summed E-state index contributed by atoms with van der Waals surface area (Å²) in [6, 6.07) is 0.0749. The van der Waals surface area contributed by atoms with Crippen molar-refractivity contribution in [2.75, 3.05) is 39.3 Å². The van der Waals surface area contributed by atoms with Crippen molar-refractivity contribution in [2.24, 2.45) is 11.8 Å². The van der Waals surface area contributed by atoms with Crippen LogP contribution in [0.4, 0.5) is 0 Å². The third kappa shape index (κ3) is 2.28. The third-order valence-corrected chi connectivity index (χ3v) is 5.09. The van der Waals surface area contributed by atoms with Gasteiger partial charge in [-0.25, -0.2) is 0 Å². The molecule has 1 aliphatic carbocycles. The summed E-state index contributed by atoms with van der Waals surface area (Å²) in [6.07, 6.45) is 4.07. The van der Waals surface area contributed by atoms with Gasteiger partial charge in [-0.2, -0.15) is 0 Å². The molecule has 18 heavy (non-hydrogen) atoms. The molecule has 4 heteroatoms. The number of carbonyl (C=O) groups is 1. The molecule has 3 unspecified atom stereocenters. The van der Waals surface area contributed by atoms with Crippen LogP contribution in [0.2, 0.25) is 0 Å². The summed E-state index contributed by atoms with van der Waals surface area (Å²) >= 11 is 0. The molecule has 0 bridgehead atoms. The molecule has 2 saturated heterocycles. The number of likely N-dealkylation sites (tertiary alicyclic amines) is 1. The van der Waals surface area contributed by atoms with Gasteiger partial charge in [0.15, 0.2) is 0 Å². The van der Waals surface area contributed by atoms with E-state index in [0.29, 0.717) is 5.91 Å². The predicted molar refractivity (Wildman–Crippen MR) is 71.3 cm³/mol. The molecule has 3 fully saturated rings. The van der Waals surface area contributed by atoms with E-state index in [-0.39, 0.29) is 6.04 Å². The number of nitrogens with one attached hydrogen (secondary N) is 1. The van der Waals surface area contributed by atoms with Crippen molar-refractivity contribution in [1.82, 2.24) is 15.1 Å². The van der Waals surface area contributed by atoms with Gasteiger partial charge in [0.2, 0.25) is 5.91 Å². The van der Waals surface area contributed by atoms with Crippen molar-refractivity contribution in [2.45, 2.75) is 32.2 Å². The third-order valence-electron chi connectivity index (χ3n) is 5.09. The molecule has 0 aromatic rings. The Bertz CT molecular complexity index is 298. The SMILES string of the molecule is CC(C(=O)N1CC2CCCC2C1)N1CCNCC1. The van der Waals surface area contributed by atoms with Gasteiger partial charge in [-0.15, -0.1) is 0 Å². The standard InChI is InChI=1S/C14H25N3O/c1-11(16-7-5-15-6-8-16)14(18)17-9-12-3-2-4-13(12)10-17/h11-13,15H,2-10H2,1H3. The largest absolute Gasteiger partial charge is 0.341 e. The normalized spacial score (nSPS) is 34.6. The van der Waals surface area contributed by atoms with Gasteiger partial charge in [0.25, 0.3) is 0 Å². The van der Waals surface area contributed by atoms with Crippen LogP contribution >= 0.6 is 0 Å². The van der Waals surface area contributed by atoms with Crippen LogP contribution in [0.1, 0.15) is 26.2 Å². The Morgan fingerprint density at radius 1 is 1.17 bits per heavy atom. The molecule has 102 valence electrons. The molecular formula is C14H25N3O. The molecule has 0 spiro atoms. The van der Waals surface area contributed by atoms with Crippen molar-refractivity contribution >= 4 is 5.91 Å². The summed E-state index contributed by atoms with van der Waals surface area (Å²) < 4.78 is 0. The number of piperazine rings is 1. The molecule has 2 aliphatic heterocycles. The van der Waals surface area contributed by atoms with E-state index in [0.717, 1.165) is 51.1 Å². The molecule has 3 aliphatic rings. The van der Waals surface area contributed by atoms with Crippen molar-refractivity contribution in [1.29, 1.82) is 0 Å². The second-order valence-corrected chi connectivity index (χ2v) is 6.16. The summed E-state index contributed by atoms with van der Waals surface area (Å²) in [6.45, 7) is 8.19. The van der Waals surface area contributed by atoms with Crippen LogP contribution in [0, 0.1) is 11.8 Å². The number of carbonyl (C=O) groups excluding carboxylic acids is 1. The first kappa shape index (κ1) is 12.4. The fourth-order valence-corrected chi connectivity index (χ4v) is 3.90. The highest BCUT2D eigenvalue weighted by Crippen LogP contribution is 2.37. The lowest BCUT2D eigenvalue weighted by Gasteiger charge is -2.34. The molecule has 0 aromatic heterocycles. The summed E-state index contributed by atoms with van der Waals surface area (Å²) in [7, 11) is 0. The number of amides is 1. The fourth-order valence-electron chi connectivity index (χ4n) is 3.90. The Hall–Kier alpha value is -0.610. The maximum atomic E-state index is 12.5. The van der Waals surface area contributed by atoms with Gasteiger partial charge >= 0.3 is 0 Å². The number of nitrogens with zero attached hydrogens (tertiary/aromatic N) is 2. The van der Waals surface area contributed by atoms with Crippen LogP contribution in [0.5, 0.6) is 0 Å². The molecule has 1 amide bonds. The van der Waals surface area contributed by atoms with Gasteiger partial charge in [0.1, 0.15) is 0 Å². The smallest absolute Gasteiger partial charge is 0.239 e. The van der Waals surface area contributed by atoms with Crippen LogP contribution in [0.25, 0.3) is 0 Å². The van der Waals surface area contributed by atoms with E-state index in [2.05, 4.69) is 22.0 Å². The highest BCUT2D eigenvalue weighted by molar-refractivity contribution is 5.81. The monoisotopic (exact) mass is 251 g/mol. The van der Waals surface area contributed by atoms with Crippen LogP contribution in [-0.4, -0.2) is 61.0 Å². The minimum absolute atomic E-state index is 0.0749. The number of hydrogen-bond acceptors (Lipinski definition) is 3. The quantitative estimate of drug-likeness (QED) is 0.778. The van der Waals surface area contributed by atoms with E-state index in [1.165, 1.54) is 19.3 Å². The highest BCUT2D eigenvalue weighted by atomic mass is 16.2. The lowest BCUT2D eigenvalue weighted by atomic mass is 10.0. The lowest BCUT2D eigenvalue weighted by Crippen LogP contribution is -2.53. The molecule has 0 aromatic carbocycles. The van der Waals surface area contributed by atoms with Gasteiger partial charge in [-0.1, -0.05) is 6.42 Å². The van der Waals surface area contributed by atoms with E-state index < -0.39 is 0 Å². The molecule has 3 atom stereocenters. The Labute approximate surface area is 110 Å². The molecule has 3 rings (SSSR count). The average molecular weight is 251 g/mol. The zero-order chi connectivity index (χ0) is 12.5. The van der Waals surface area contributed by atoms with Crippen LogP contribution in [0.3, 0.4) is 0 Å². The fraction of sp³-hybridized carbons (Fsp3) is 0.929. The van der Waals surface area contributed by atoms with Crippen molar-refractivity contribution < 1.29 is 4.79 Å². The number of fused-ring (bicyclic) bond motifs is 1. The van der Waals surface area contributed by atoms with Crippen molar-refractivity contribution in [3.63, 3.8) is 0 Å². The van der Waals surface area contributed by atoms with Crippen molar-refractivity contribution in [3.05, 3.63) is 0 Å². The Morgan fingerprint density at radius 3 is 2.39 bits per heavy atom. The van der Waals surface area contributed by atoms with E-state index in [4.69, 9.17) is 0 Å². The molecule has 2 heterocycles. The summed E-state index contributed by atoms with van der Waals surface area (Å²) in [5.41, 5.74) is 0. The van der Waals surface area contributed by atoms with Crippen molar-refractivity contribution in [3.8, 4) is 0 Å². The maximum Gasteiger partial charge on any atom is 0.239 e. The summed E-state index contributed by atoms with van der Waals surface area (Å²) in [4.78, 5) is 17.0. The molecule has 1 N–H and O–H groups in total. The Kier molecular flexibility index (Phi) is 3.57. The highest BCUT2D eigenvalue weighted by Gasteiger charge is 2.39. The summed E-state index contributed by atoms with van der Waals surface area (Å²) in [5, 5.41) is 3.34. The minimum atomic E-state index is 0.0749. The summed E-state index contributed by atoms with van der Waals surface area (Å²) in [5.74, 6) is 1.99. The van der Waals surface area contributed by atoms with Crippen LogP contribution < -0.4 is 5.32 Å². The second kappa shape index (κ2) is 5.17. The Balaban J connectivity index is 1.57. The van der Waals surface area contributed by atoms with E-state index in [9.17, 15) is 4.79 Å². The first-order valence-electron chi connectivity index (χ1n) is 7.49. The molecular weight excluding hydrogens is 226 g/mol. The molecule has 4 nitrogen and oxygen atoms in total. The van der Waals surface area contributed by atoms with E-state index >= 15 is 0 Å². The van der Waals surface area contributed by atoms with E-state index in [1.54, 1.807) is 0 Å². The van der Waals surface area contributed by atoms with Crippen LogP contribution in [0.15, 0.2) is 0 Å². The van der Waals surface area contributed by atoms with Gasteiger partial charge in [-0.3, -0.25) is 9.69 Å². The second-order valence-electron chi connectivity index (χ2n) is 6.16. The first-order valence-corrected chi connectivity index (χ1v) is 7.49. The number of rotatable bonds is 2. The average Bonchev–Trinajstić information content (AvgIpc) is 2.99. The van der Waals surface area contributed by atoms with Crippen LogP contribution in [-0.2, 0) is 4.79 Å².